The molecule has 140 valence electrons. The summed E-state index contributed by atoms with van der Waals surface area (Å²) in [6.07, 6.45) is 8.36. The van der Waals surface area contributed by atoms with Crippen molar-refractivity contribution in [3.05, 3.63) is 91.0 Å². The average Bonchev–Trinajstić information content (AvgIpc) is 3.25. The summed E-state index contributed by atoms with van der Waals surface area (Å²) in [5, 5.41) is 4.57. The lowest BCUT2D eigenvalue weighted by atomic mass is 10.1. The standard InChI is InChI=1S/C25H28P.HI/c1-4-14-23(15-5-1)26(24-16-6-2-7-17-24,25-18-8-3-9-19-25)21-20-22-12-10-11-13-22;/h1-9,14-19,22H,10-13,20-21H2;1H/q+1;/p-1. The molecule has 0 spiro atoms. The molecule has 0 unspecified atom stereocenters. The Bertz CT molecular complexity index is 699. The molecule has 1 saturated carbocycles. The molecule has 1 aliphatic carbocycles. The zero-order valence-corrected chi connectivity index (χ0v) is 18.9. The first-order chi connectivity index (χ1) is 12.9. The van der Waals surface area contributed by atoms with Crippen LogP contribution in [0, 0.1) is 5.92 Å². The van der Waals surface area contributed by atoms with Crippen LogP contribution in [0.25, 0.3) is 0 Å². The second kappa shape index (κ2) is 9.85. The fourth-order valence-corrected chi connectivity index (χ4v) is 9.02. The van der Waals surface area contributed by atoms with Gasteiger partial charge in [-0.2, -0.15) is 0 Å². The lowest BCUT2D eigenvalue weighted by Crippen LogP contribution is -3.00. The third-order valence-corrected chi connectivity index (χ3v) is 10.4. The predicted molar refractivity (Wildman–Crippen MR) is 117 cm³/mol. The fourth-order valence-electron chi connectivity index (χ4n) is 4.56. The average molecular weight is 486 g/mol. The monoisotopic (exact) mass is 486 g/mol. The minimum atomic E-state index is -1.61. The van der Waals surface area contributed by atoms with E-state index in [4.69, 9.17) is 0 Å². The van der Waals surface area contributed by atoms with Crippen LogP contribution in [-0.4, -0.2) is 6.16 Å². The van der Waals surface area contributed by atoms with Crippen LogP contribution in [0.4, 0.5) is 0 Å². The molecule has 3 aromatic rings. The number of hydrogen-bond donors (Lipinski definition) is 0. The molecule has 1 aliphatic rings. The summed E-state index contributed by atoms with van der Waals surface area (Å²) >= 11 is 0. The number of hydrogen-bond acceptors (Lipinski definition) is 0. The molecule has 4 rings (SSSR count). The SMILES string of the molecule is [I-].c1ccc([P+](CCC2CCCC2)(c2ccccc2)c2ccccc2)cc1. The number of rotatable bonds is 6. The van der Waals surface area contributed by atoms with Gasteiger partial charge < -0.3 is 24.0 Å². The van der Waals surface area contributed by atoms with Crippen molar-refractivity contribution in [1.29, 1.82) is 0 Å². The quantitative estimate of drug-likeness (QED) is 0.371. The van der Waals surface area contributed by atoms with E-state index in [1.807, 2.05) is 0 Å². The highest BCUT2D eigenvalue weighted by Crippen LogP contribution is 2.56. The van der Waals surface area contributed by atoms with E-state index in [0.29, 0.717) is 0 Å². The molecule has 0 aromatic heterocycles. The summed E-state index contributed by atoms with van der Waals surface area (Å²) in [5.74, 6) is 0.922. The molecule has 1 fully saturated rings. The third-order valence-electron chi connectivity index (χ3n) is 5.94. The van der Waals surface area contributed by atoms with Crippen molar-refractivity contribution in [2.45, 2.75) is 32.1 Å². The first-order valence-corrected chi connectivity index (χ1v) is 11.9. The second-order valence-corrected chi connectivity index (χ2v) is 11.1. The Labute approximate surface area is 181 Å². The van der Waals surface area contributed by atoms with Gasteiger partial charge >= 0.3 is 0 Å². The van der Waals surface area contributed by atoms with E-state index in [2.05, 4.69) is 91.0 Å². The highest BCUT2D eigenvalue weighted by atomic mass is 127. The highest BCUT2D eigenvalue weighted by molar-refractivity contribution is 7.95. The van der Waals surface area contributed by atoms with E-state index >= 15 is 0 Å². The maximum absolute atomic E-state index is 2.36. The molecule has 0 nitrogen and oxygen atoms in total. The molecule has 0 radical (unpaired) electrons. The van der Waals surface area contributed by atoms with Gasteiger partial charge in [-0.25, -0.2) is 0 Å². The molecule has 0 amide bonds. The second-order valence-electron chi connectivity index (χ2n) is 7.48. The normalized spacial score (nSPS) is 14.7. The van der Waals surface area contributed by atoms with E-state index in [1.54, 1.807) is 0 Å². The summed E-state index contributed by atoms with van der Waals surface area (Å²) in [5.41, 5.74) is 0. The largest absolute Gasteiger partial charge is 1.00 e. The smallest absolute Gasteiger partial charge is 0.112 e. The van der Waals surface area contributed by atoms with E-state index < -0.39 is 7.26 Å². The van der Waals surface area contributed by atoms with Crippen LogP contribution in [0.3, 0.4) is 0 Å². The van der Waals surface area contributed by atoms with Crippen molar-refractivity contribution in [2.24, 2.45) is 5.92 Å². The Hall–Kier alpha value is -1.18. The molecule has 0 N–H and O–H groups in total. The van der Waals surface area contributed by atoms with Gasteiger partial charge in [-0.05, 0) is 48.7 Å². The van der Waals surface area contributed by atoms with Crippen molar-refractivity contribution < 1.29 is 24.0 Å². The van der Waals surface area contributed by atoms with Gasteiger partial charge in [0.1, 0.15) is 23.2 Å². The van der Waals surface area contributed by atoms with E-state index in [-0.39, 0.29) is 24.0 Å². The van der Waals surface area contributed by atoms with Gasteiger partial charge in [0.05, 0.1) is 6.16 Å². The van der Waals surface area contributed by atoms with Crippen molar-refractivity contribution in [3.8, 4) is 0 Å². The summed E-state index contributed by atoms with van der Waals surface area (Å²) < 4.78 is 0. The maximum atomic E-state index is 2.36. The molecule has 0 heterocycles. The van der Waals surface area contributed by atoms with Gasteiger partial charge in [0.25, 0.3) is 0 Å². The molecule has 0 bridgehead atoms. The molecular formula is C25H28IP. The van der Waals surface area contributed by atoms with Crippen LogP contribution < -0.4 is 39.9 Å². The van der Waals surface area contributed by atoms with Gasteiger partial charge in [-0.1, -0.05) is 80.3 Å². The highest BCUT2D eigenvalue weighted by Gasteiger charge is 2.45. The van der Waals surface area contributed by atoms with Crippen LogP contribution in [0.1, 0.15) is 32.1 Å². The van der Waals surface area contributed by atoms with Gasteiger partial charge in [0.15, 0.2) is 0 Å². The van der Waals surface area contributed by atoms with Crippen molar-refractivity contribution in [1.82, 2.24) is 0 Å². The topological polar surface area (TPSA) is 0 Å². The maximum Gasteiger partial charge on any atom is 0.112 e. The molecule has 0 atom stereocenters. The van der Waals surface area contributed by atoms with Gasteiger partial charge in [-0.3, -0.25) is 0 Å². The Balaban J connectivity index is 0.00000210. The summed E-state index contributed by atoms with van der Waals surface area (Å²) in [4.78, 5) is 0. The molecule has 0 saturated heterocycles. The zero-order chi connectivity index (χ0) is 17.7. The van der Waals surface area contributed by atoms with Crippen LogP contribution in [-0.2, 0) is 0 Å². The summed E-state index contributed by atoms with van der Waals surface area (Å²) in [6.45, 7) is 0. The minimum absolute atomic E-state index is 0. The van der Waals surface area contributed by atoms with Crippen molar-refractivity contribution in [3.63, 3.8) is 0 Å². The third kappa shape index (κ3) is 4.46. The fraction of sp³-hybridized carbons (Fsp3) is 0.280. The Kier molecular flexibility index (Phi) is 7.49. The zero-order valence-electron chi connectivity index (χ0n) is 15.8. The van der Waals surface area contributed by atoms with Crippen LogP contribution >= 0.6 is 7.26 Å². The summed E-state index contributed by atoms with van der Waals surface area (Å²) in [7, 11) is -1.61. The van der Waals surface area contributed by atoms with Crippen LogP contribution in [0.5, 0.6) is 0 Å². The lowest BCUT2D eigenvalue weighted by molar-refractivity contribution is -0.00000512. The van der Waals surface area contributed by atoms with Gasteiger partial charge in [0.2, 0.25) is 0 Å². The molecule has 0 aliphatic heterocycles. The molecule has 3 aromatic carbocycles. The van der Waals surface area contributed by atoms with Crippen LogP contribution in [0.15, 0.2) is 91.0 Å². The van der Waals surface area contributed by atoms with Crippen molar-refractivity contribution in [2.75, 3.05) is 6.16 Å². The molecule has 27 heavy (non-hydrogen) atoms. The first kappa shape index (κ1) is 20.6. The van der Waals surface area contributed by atoms with E-state index in [0.717, 1.165) is 5.92 Å². The number of benzene rings is 3. The predicted octanol–water partition coefficient (Wildman–Crippen LogP) is 2.56. The minimum Gasteiger partial charge on any atom is -1.00 e. The Morgan fingerprint density at radius 3 is 1.33 bits per heavy atom. The first-order valence-electron chi connectivity index (χ1n) is 9.94. The summed E-state index contributed by atoms with van der Waals surface area (Å²) in [6, 6.07) is 33.9. The Morgan fingerprint density at radius 2 is 0.963 bits per heavy atom. The lowest BCUT2D eigenvalue weighted by Gasteiger charge is -2.28. The van der Waals surface area contributed by atoms with E-state index in [9.17, 15) is 0 Å². The van der Waals surface area contributed by atoms with Gasteiger partial charge in [0, 0.05) is 0 Å². The Morgan fingerprint density at radius 1 is 0.593 bits per heavy atom. The van der Waals surface area contributed by atoms with E-state index in [1.165, 1.54) is 54.2 Å². The van der Waals surface area contributed by atoms with Crippen LogP contribution in [0.2, 0.25) is 0 Å². The molecule has 2 heteroatoms. The number of halogens is 1. The van der Waals surface area contributed by atoms with Crippen molar-refractivity contribution >= 4 is 23.2 Å². The molecular weight excluding hydrogens is 458 g/mol. The van der Waals surface area contributed by atoms with Gasteiger partial charge in [-0.15, -0.1) is 0 Å².